The van der Waals surface area contributed by atoms with Crippen molar-refractivity contribution in [2.45, 2.75) is 12.5 Å². The fourth-order valence-electron chi connectivity index (χ4n) is 1.84. The molecule has 100 valence electrons. The minimum absolute atomic E-state index is 0.0173. The van der Waals surface area contributed by atoms with Crippen LogP contribution in [0.4, 0.5) is 13.2 Å². The first kappa shape index (κ1) is 14.1. The summed E-state index contributed by atoms with van der Waals surface area (Å²) in [6.07, 6.45) is 0.205. The fraction of sp³-hybridized carbons (Fsp3) is 0.143. The highest BCUT2D eigenvalue weighted by Gasteiger charge is 2.17. The molecule has 0 bridgehead atoms. The Hall–Kier alpha value is -1.33. The standard InChI is InChI=1S/C14H11BrF3N/c15-13-9(5-6-11(17)14(13)18)12(19)7-8-3-1-2-4-10(8)16/h1-6,12H,7,19H2. The van der Waals surface area contributed by atoms with E-state index in [1.165, 1.54) is 12.1 Å². The predicted molar refractivity (Wildman–Crippen MR) is 71.1 cm³/mol. The van der Waals surface area contributed by atoms with Crippen LogP contribution in [0.2, 0.25) is 0 Å². The lowest BCUT2D eigenvalue weighted by Crippen LogP contribution is -2.15. The van der Waals surface area contributed by atoms with E-state index in [1.54, 1.807) is 18.2 Å². The molecule has 1 nitrogen and oxygen atoms in total. The Balaban J connectivity index is 2.28. The molecule has 0 fully saturated rings. The first-order chi connectivity index (χ1) is 9.00. The molecule has 0 aliphatic carbocycles. The molecule has 2 aromatic carbocycles. The van der Waals surface area contributed by atoms with Crippen molar-refractivity contribution in [3.63, 3.8) is 0 Å². The number of benzene rings is 2. The summed E-state index contributed by atoms with van der Waals surface area (Å²) in [5.74, 6) is -2.30. The molecule has 2 rings (SSSR count). The van der Waals surface area contributed by atoms with Crippen LogP contribution < -0.4 is 5.73 Å². The van der Waals surface area contributed by atoms with E-state index in [0.29, 0.717) is 11.1 Å². The molecular formula is C14H11BrF3N. The number of rotatable bonds is 3. The highest BCUT2D eigenvalue weighted by molar-refractivity contribution is 9.10. The summed E-state index contributed by atoms with van der Waals surface area (Å²) in [7, 11) is 0. The van der Waals surface area contributed by atoms with Crippen molar-refractivity contribution in [1.82, 2.24) is 0 Å². The molecule has 5 heteroatoms. The predicted octanol–water partition coefficient (Wildman–Crippen LogP) is 4.11. The van der Waals surface area contributed by atoms with Gasteiger partial charge >= 0.3 is 0 Å². The molecule has 0 amide bonds. The highest BCUT2D eigenvalue weighted by Crippen LogP contribution is 2.28. The van der Waals surface area contributed by atoms with E-state index in [4.69, 9.17) is 5.73 Å². The molecule has 0 saturated heterocycles. The maximum Gasteiger partial charge on any atom is 0.173 e. The maximum absolute atomic E-state index is 13.5. The average molecular weight is 330 g/mol. The van der Waals surface area contributed by atoms with Crippen LogP contribution in [-0.2, 0) is 6.42 Å². The lowest BCUT2D eigenvalue weighted by atomic mass is 9.99. The van der Waals surface area contributed by atoms with Gasteiger partial charge in [-0.3, -0.25) is 0 Å². The molecule has 1 unspecified atom stereocenters. The van der Waals surface area contributed by atoms with Gasteiger partial charge in [-0.25, -0.2) is 13.2 Å². The monoisotopic (exact) mass is 329 g/mol. The first-order valence-corrected chi connectivity index (χ1v) is 6.42. The Kier molecular flexibility index (Phi) is 4.27. The zero-order valence-corrected chi connectivity index (χ0v) is 11.4. The quantitative estimate of drug-likeness (QED) is 0.842. The zero-order chi connectivity index (χ0) is 14.0. The average Bonchev–Trinajstić information content (AvgIpc) is 2.39. The minimum atomic E-state index is -0.985. The van der Waals surface area contributed by atoms with E-state index in [0.717, 1.165) is 6.07 Å². The van der Waals surface area contributed by atoms with Gasteiger partial charge in [-0.15, -0.1) is 0 Å². The molecule has 2 aromatic rings. The van der Waals surface area contributed by atoms with Crippen LogP contribution in [0.25, 0.3) is 0 Å². The van der Waals surface area contributed by atoms with E-state index in [-0.39, 0.29) is 16.7 Å². The Morgan fingerprint density at radius 1 is 1.00 bits per heavy atom. The number of hydrogen-bond acceptors (Lipinski definition) is 1. The van der Waals surface area contributed by atoms with Gasteiger partial charge in [0.15, 0.2) is 11.6 Å². The summed E-state index contributed by atoms with van der Waals surface area (Å²) in [6.45, 7) is 0. The first-order valence-electron chi connectivity index (χ1n) is 5.63. The van der Waals surface area contributed by atoms with E-state index in [2.05, 4.69) is 15.9 Å². The second-order valence-electron chi connectivity index (χ2n) is 4.17. The van der Waals surface area contributed by atoms with Crippen LogP contribution in [-0.4, -0.2) is 0 Å². The Morgan fingerprint density at radius 2 is 1.68 bits per heavy atom. The molecule has 0 aliphatic heterocycles. The van der Waals surface area contributed by atoms with Gasteiger partial charge in [0, 0.05) is 6.04 Å². The van der Waals surface area contributed by atoms with Gasteiger partial charge < -0.3 is 5.73 Å². The number of halogens is 4. The summed E-state index contributed by atoms with van der Waals surface area (Å²) in [4.78, 5) is 0. The van der Waals surface area contributed by atoms with Crippen molar-refractivity contribution in [1.29, 1.82) is 0 Å². The van der Waals surface area contributed by atoms with Crippen molar-refractivity contribution in [3.8, 4) is 0 Å². The summed E-state index contributed by atoms with van der Waals surface area (Å²) < 4.78 is 39.9. The van der Waals surface area contributed by atoms with Gasteiger partial charge in [0.25, 0.3) is 0 Å². The molecule has 0 saturated carbocycles. The van der Waals surface area contributed by atoms with Crippen molar-refractivity contribution >= 4 is 15.9 Å². The normalized spacial score (nSPS) is 12.5. The molecular weight excluding hydrogens is 319 g/mol. The van der Waals surface area contributed by atoms with Gasteiger partial charge in [0.1, 0.15) is 5.82 Å². The number of hydrogen-bond donors (Lipinski definition) is 1. The largest absolute Gasteiger partial charge is 0.324 e. The molecule has 0 heterocycles. The van der Waals surface area contributed by atoms with Crippen LogP contribution in [0, 0.1) is 17.5 Å². The summed E-state index contributed by atoms with van der Waals surface area (Å²) >= 11 is 2.97. The molecule has 0 radical (unpaired) electrons. The third kappa shape index (κ3) is 2.98. The third-order valence-corrected chi connectivity index (χ3v) is 3.67. The molecule has 2 N–H and O–H groups in total. The van der Waals surface area contributed by atoms with E-state index in [9.17, 15) is 13.2 Å². The smallest absolute Gasteiger partial charge is 0.173 e. The summed E-state index contributed by atoms with van der Waals surface area (Å²) in [5, 5.41) is 0. The second kappa shape index (κ2) is 5.75. The van der Waals surface area contributed by atoms with Crippen LogP contribution in [0.15, 0.2) is 40.9 Å². The van der Waals surface area contributed by atoms with Crippen molar-refractivity contribution in [2.24, 2.45) is 5.73 Å². The zero-order valence-electron chi connectivity index (χ0n) is 9.84. The van der Waals surface area contributed by atoms with Gasteiger partial charge in [0.05, 0.1) is 4.47 Å². The lowest BCUT2D eigenvalue weighted by molar-refractivity contribution is 0.499. The van der Waals surface area contributed by atoms with E-state index in [1.807, 2.05) is 0 Å². The highest BCUT2D eigenvalue weighted by atomic mass is 79.9. The maximum atomic E-state index is 13.5. The topological polar surface area (TPSA) is 26.0 Å². The van der Waals surface area contributed by atoms with Crippen LogP contribution in [0.1, 0.15) is 17.2 Å². The minimum Gasteiger partial charge on any atom is -0.324 e. The van der Waals surface area contributed by atoms with Crippen molar-refractivity contribution in [3.05, 3.63) is 69.4 Å². The third-order valence-electron chi connectivity index (χ3n) is 2.86. The Morgan fingerprint density at radius 3 is 2.37 bits per heavy atom. The fourth-order valence-corrected chi connectivity index (χ4v) is 2.45. The second-order valence-corrected chi connectivity index (χ2v) is 4.96. The van der Waals surface area contributed by atoms with Crippen LogP contribution in [0.5, 0.6) is 0 Å². The Bertz CT molecular complexity index is 601. The van der Waals surface area contributed by atoms with E-state index >= 15 is 0 Å². The van der Waals surface area contributed by atoms with Gasteiger partial charge in [-0.2, -0.15) is 0 Å². The summed E-state index contributed by atoms with van der Waals surface area (Å²) in [5.41, 5.74) is 6.77. The van der Waals surface area contributed by atoms with Crippen molar-refractivity contribution < 1.29 is 13.2 Å². The molecule has 1 atom stereocenters. The van der Waals surface area contributed by atoms with Crippen LogP contribution >= 0.6 is 15.9 Å². The molecule has 0 aromatic heterocycles. The lowest BCUT2D eigenvalue weighted by Gasteiger charge is -2.15. The van der Waals surface area contributed by atoms with Crippen LogP contribution in [0.3, 0.4) is 0 Å². The van der Waals surface area contributed by atoms with Gasteiger partial charge in [-0.1, -0.05) is 24.3 Å². The molecule has 0 spiro atoms. The van der Waals surface area contributed by atoms with E-state index < -0.39 is 17.7 Å². The summed E-state index contributed by atoms with van der Waals surface area (Å²) in [6, 6.07) is 8.01. The van der Waals surface area contributed by atoms with Crippen molar-refractivity contribution in [2.75, 3.05) is 0 Å². The number of nitrogens with two attached hydrogens (primary N) is 1. The SMILES string of the molecule is NC(Cc1ccccc1F)c1ccc(F)c(F)c1Br. The van der Waals surface area contributed by atoms with Gasteiger partial charge in [0.2, 0.25) is 0 Å². The Labute approximate surface area is 117 Å². The molecule has 0 aliphatic rings. The molecule has 19 heavy (non-hydrogen) atoms. The van der Waals surface area contributed by atoms with Gasteiger partial charge in [-0.05, 0) is 45.6 Å².